The maximum absolute atomic E-state index is 13.7. The molecule has 0 aliphatic heterocycles. The first-order valence-electron chi connectivity index (χ1n) is 8.94. The number of methoxy groups -OCH3 is 1. The highest BCUT2D eigenvalue weighted by atomic mass is 19.1. The van der Waals surface area contributed by atoms with Gasteiger partial charge >= 0.3 is 5.97 Å². The summed E-state index contributed by atoms with van der Waals surface area (Å²) in [6, 6.07) is 10.0. The summed E-state index contributed by atoms with van der Waals surface area (Å²) in [5, 5.41) is 3.82. The minimum atomic E-state index is -0.789. The Balaban J connectivity index is 1.60. The van der Waals surface area contributed by atoms with Crippen molar-refractivity contribution in [2.45, 2.75) is 26.9 Å². The summed E-state index contributed by atoms with van der Waals surface area (Å²) < 4.78 is 34.8. The molecule has 0 bridgehead atoms. The predicted molar refractivity (Wildman–Crippen MR) is 102 cm³/mol. The van der Waals surface area contributed by atoms with E-state index >= 15 is 0 Å². The van der Waals surface area contributed by atoms with Crippen LogP contribution < -0.4 is 9.47 Å². The zero-order valence-corrected chi connectivity index (χ0v) is 16.6. The molecule has 0 aliphatic carbocycles. The van der Waals surface area contributed by atoms with E-state index in [9.17, 15) is 9.18 Å². The van der Waals surface area contributed by atoms with Crippen LogP contribution in [0.2, 0.25) is 0 Å². The van der Waals surface area contributed by atoms with Gasteiger partial charge in [0.1, 0.15) is 5.82 Å². The van der Waals surface area contributed by atoms with E-state index in [1.807, 2.05) is 13.0 Å². The van der Waals surface area contributed by atoms with Gasteiger partial charge in [-0.25, -0.2) is 9.18 Å². The lowest BCUT2D eigenvalue weighted by Crippen LogP contribution is -2.17. The van der Waals surface area contributed by atoms with Crippen molar-refractivity contribution in [1.29, 1.82) is 0 Å². The molecule has 1 atom stereocenters. The third-order valence-corrected chi connectivity index (χ3v) is 4.19. The summed E-state index contributed by atoms with van der Waals surface area (Å²) in [4.78, 5) is 16.3. The van der Waals surface area contributed by atoms with Gasteiger partial charge in [0.25, 0.3) is 5.89 Å². The number of ether oxygens (including phenoxy) is 3. The van der Waals surface area contributed by atoms with Crippen LogP contribution >= 0.6 is 0 Å². The van der Waals surface area contributed by atoms with Crippen LogP contribution in [-0.2, 0) is 9.53 Å². The fourth-order valence-corrected chi connectivity index (χ4v) is 2.56. The molecule has 1 unspecified atom stereocenters. The van der Waals surface area contributed by atoms with Crippen molar-refractivity contribution in [2.24, 2.45) is 0 Å². The van der Waals surface area contributed by atoms with Crippen LogP contribution in [0.25, 0.3) is 11.4 Å². The molecule has 0 aliphatic rings. The largest absolute Gasteiger partial charge is 0.493 e. The van der Waals surface area contributed by atoms with Crippen molar-refractivity contribution in [3.63, 3.8) is 0 Å². The Bertz CT molecular complexity index is 1020. The van der Waals surface area contributed by atoms with Crippen molar-refractivity contribution in [1.82, 2.24) is 10.1 Å². The van der Waals surface area contributed by atoms with Crippen LogP contribution in [0.15, 0.2) is 40.9 Å². The molecule has 7 nitrogen and oxygen atoms in total. The van der Waals surface area contributed by atoms with E-state index in [4.69, 9.17) is 18.7 Å². The van der Waals surface area contributed by atoms with Crippen molar-refractivity contribution in [3.8, 4) is 22.9 Å². The lowest BCUT2D eigenvalue weighted by Gasteiger charge is -2.12. The van der Waals surface area contributed by atoms with Crippen LogP contribution in [-0.4, -0.2) is 29.8 Å². The molecule has 1 aromatic heterocycles. The highest BCUT2D eigenvalue weighted by molar-refractivity contribution is 5.71. The van der Waals surface area contributed by atoms with Gasteiger partial charge in [-0.3, -0.25) is 0 Å². The minimum Gasteiger partial charge on any atom is -0.493 e. The van der Waals surface area contributed by atoms with Gasteiger partial charge in [0.05, 0.1) is 7.11 Å². The summed E-state index contributed by atoms with van der Waals surface area (Å²) in [6.07, 6.45) is -0.789. The summed E-state index contributed by atoms with van der Waals surface area (Å²) >= 11 is 0. The van der Waals surface area contributed by atoms with Crippen LogP contribution in [0.3, 0.4) is 0 Å². The number of halogens is 1. The van der Waals surface area contributed by atoms with E-state index in [0.717, 1.165) is 5.56 Å². The summed E-state index contributed by atoms with van der Waals surface area (Å²) in [7, 11) is 1.52. The number of aromatic nitrogens is 2. The molecule has 29 heavy (non-hydrogen) atoms. The van der Waals surface area contributed by atoms with Gasteiger partial charge in [0.2, 0.25) is 5.82 Å². The monoisotopic (exact) mass is 400 g/mol. The first-order chi connectivity index (χ1) is 13.9. The number of nitrogens with zero attached hydrogens (tertiary/aromatic N) is 2. The van der Waals surface area contributed by atoms with E-state index in [0.29, 0.717) is 22.6 Å². The van der Waals surface area contributed by atoms with Crippen molar-refractivity contribution >= 4 is 5.97 Å². The van der Waals surface area contributed by atoms with E-state index < -0.39 is 12.1 Å². The molecule has 0 saturated heterocycles. The van der Waals surface area contributed by atoms with Gasteiger partial charge in [0.15, 0.2) is 24.2 Å². The van der Waals surface area contributed by atoms with Gasteiger partial charge in [-0.2, -0.15) is 4.98 Å². The predicted octanol–water partition coefficient (Wildman–Crippen LogP) is 4.18. The molecular weight excluding hydrogens is 379 g/mol. The van der Waals surface area contributed by atoms with Crippen LogP contribution in [0, 0.1) is 19.7 Å². The number of hydrogen-bond acceptors (Lipinski definition) is 7. The molecule has 0 radical (unpaired) electrons. The molecule has 152 valence electrons. The minimum absolute atomic E-state index is 0.0993. The van der Waals surface area contributed by atoms with Crippen LogP contribution in [0.1, 0.15) is 30.0 Å². The Morgan fingerprint density at radius 3 is 2.69 bits per heavy atom. The molecule has 0 N–H and O–H groups in total. The molecule has 3 rings (SSSR count). The smallest absolute Gasteiger partial charge is 0.344 e. The maximum atomic E-state index is 13.7. The number of aryl methyl sites for hydroxylation is 2. The number of hydrogen-bond donors (Lipinski definition) is 0. The van der Waals surface area contributed by atoms with Gasteiger partial charge in [-0.1, -0.05) is 23.4 Å². The second-order valence-electron chi connectivity index (χ2n) is 6.50. The van der Waals surface area contributed by atoms with Crippen molar-refractivity contribution < 1.29 is 27.9 Å². The second-order valence-corrected chi connectivity index (χ2v) is 6.50. The summed E-state index contributed by atoms with van der Waals surface area (Å²) in [6.45, 7) is 4.87. The third-order valence-electron chi connectivity index (χ3n) is 4.19. The van der Waals surface area contributed by atoms with E-state index in [1.54, 1.807) is 38.1 Å². The molecule has 0 saturated carbocycles. The zero-order valence-electron chi connectivity index (χ0n) is 16.6. The molecule has 1 heterocycles. The number of carbonyl (C=O) groups excluding carboxylic acids is 1. The van der Waals surface area contributed by atoms with Gasteiger partial charge < -0.3 is 18.7 Å². The molecule has 0 amide bonds. The topological polar surface area (TPSA) is 83.7 Å². The number of carbonyl (C=O) groups is 1. The first-order valence-corrected chi connectivity index (χ1v) is 8.94. The van der Waals surface area contributed by atoms with E-state index in [2.05, 4.69) is 10.1 Å². The average Bonchev–Trinajstić information content (AvgIpc) is 3.19. The Morgan fingerprint density at radius 1 is 1.17 bits per heavy atom. The maximum Gasteiger partial charge on any atom is 0.344 e. The van der Waals surface area contributed by atoms with Gasteiger partial charge in [-0.15, -0.1) is 0 Å². The quantitative estimate of drug-likeness (QED) is 0.550. The Hall–Kier alpha value is -3.42. The molecule has 0 spiro atoms. The van der Waals surface area contributed by atoms with Crippen LogP contribution in [0.5, 0.6) is 11.5 Å². The van der Waals surface area contributed by atoms with Gasteiger partial charge in [0, 0.05) is 5.56 Å². The molecular formula is C21H21FN2O5. The van der Waals surface area contributed by atoms with E-state index in [-0.39, 0.29) is 24.1 Å². The number of benzene rings is 2. The summed E-state index contributed by atoms with van der Waals surface area (Å²) in [5.74, 6) is 0.296. The normalized spacial score (nSPS) is 11.8. The van der Waals surface area contributed by atoms with Gasteiger partial charge in [-0.05, 0) is 50.1 Å². The number of esters is 1. The Labute approximate surface area is 167 Å². The van der Waals surface area contributed by atoms with Crippen LogP contribution in [0.4, 0.5) is 4.39 Å². The fraction of sp³-hybridized carbons (Fsp3) is 0.286. The first kappa shape index (κ1) is 20.3. The molecule has 3 aromatic rings. The number of rotatable bonds is 7. The summed E-state index contributed by atoms with van der Waals surface area (Å²) in [5.41, 5.74) is 1.99. The lowest BCUT2D eigenvalue weighted by atomic mass is 10.1. The van der Waals surface area contributed by atoms with Crippen molar-refractivity contribution in [3.05, 3.63) is 59.2 Å². The molecule has 8 heteroatoms. The average molecular weight is 400 g/mol. The second kappa shape index (κ2) is 8.72. The Morgan fingerprint density at radius 2 is 1.97 bits per heavy atom. The SMILES string of the molecule is COc1cc(C)ccc1OCC(=O)OC(C)c1nc(-c2ccc(C)c(F)c2)no1. The highest BCUT2D eigenvalue weighted by Crippen LogP contribution is 2.28. The lowest BCUT2D eigenvalue weighted by molar-refractivity contribution is -0.152. The van der Waals surface area contributed by atoms with Crippen molar-refractivity contribution in [2.75, 3.05) is 13.7 Å². The Kier molecular flexibility index (Phi) is 6.11. The molecule has 0 fully saturated rings. The fourth-order valence-electron chi connectivity index (χ4n) is 2.56. The zero-order chi connectivity index (χ0) is 21.0. The standard InChI is InChI=1S/C21H21FN2O5/c1-12-5-8-17(18(9-12)26-4)27-11-19(25)28-14(3)21-23-20(24-29-21)15-7-6-13(2)16(22)10-15/h5-10,14H,11H2,1-4H3. The highest BCUT2D eigenvalue weighted by Gasteiger charge is 2.20. The van der Waals surface area contributed by atoms with E-state index in [1.165, 1.54) is 13.2 Å². The molecule has 2 aromatic carbocycles. The third kappa shape index (κ3) is 4.90.